The lowest BCUT2D eigenvalue weighted by Gasteiger charge is -2.32. The molecule has 3 aliphatic rings. The molecule has 182 valence electrons. The largest absolute Gasteiger partial charge is 0.491 e. The molecule has 7 nitrogen and oxygen atoms in total. The molecule has 2 amide bonds. The number of carbonyl (C=O) groups is 1. The Kier molecular flexibility index (Phi) is 5.80. The second-order valence-electron chi connectivity index (χ2n) is 9.59. The number of hydrogen-bond donors (Lipinski definition) is 1. The van der Waals surface area contributed by atoms with Crippen LogP contribution in [0.1, 0.15) is 25.3 Å². The number of halogens is 1. The van der Waals surface area contributed by atoms with E-state index in [0.717, 1.165) is 12.8 Å². The zero-order valence-electron chi connectivity index (χ0n) is 19.5. The zero-order chi connectivity index (χ0) is 24.1. The van der Waals surface area contributed by atoms with Gasteiger partial charge < -0.3 is 14.5 Å². The fraction of sp³-hybridized carbons (Fsp3) is 0.480. The topological polar surface area (TPSA) is 79.0 Å². The van der Waals surface area contributed by atoms with Gasteiger partial charge >= 0.3 is 6.03 Å². The minimum absolute atomic E-state index is 0.0435. The van der Waals surface area contributed by atoms with Gasteiger partial charge in [-0.05, 0) is 37.8 Å². The number of amides is 2. The molecule has 2 heterocycles. The van der Waals surface area contributed by atoms with Gasteiger partial charge in [0, 0.05) is 36.2 Å². The van der Waals surface area contributed by atoms with Crippen LogP contribution in [0.15, 0.2) is 42.5 Å². The minimum atomic E-state index is -3.51. The predicted octanol–water partition coefficient (Wildman–Crippen LogP) is 3.25. The van der Waals surface area contributed by atoms with E-state index >= 15 is 4.39 Å². The highest BCUT2D eigenvalue weighted by atomic mass is 32.2. The highest BCUT2D eigenvalue weighted by Gasteiger charge is 2.61. The average Bonchev–Trinajstić information content (AvgIpc) is 3.55. The van der Waals surface area contributed by atoms with Crippen molar-refractivity contribution >= 4 is 16.1 Å². The smallest absolute Gasteiger partial charge is 0.320 e. The van der Waals surface area contributed by atoms with E-state index in [2.05, 4.69) is 4.72 Å². The Morgan fingerprint density at radius 1 is 1.15 bits per heavy atom. The Bertz CT molecular complexity index is 1210. The maximum atomic E-state index is 15.9. The van der Waals surface area contributed by atoms with Crippen LogP contribution in [-0.2, 0) is 16.4 Å². The Labute approximate surface area is 199 Å². The quantitative estimate of drug-likeness (QED) is 0.721. The van der Waals surface area contributed by atoms with Crippen molar-refractivity contribution in [2.45, 2.75) is 38.3 Å². The van der Waals surface area contributed by atoms with E-state index in [4.69, 9.17) is 4.74 Å². The average molecular weight is 488 g/mol. The first kappa shape index (κ1) is 23.1. The predicted molar refractivity (Wildman–Crippen MR) is 128 cm³/mol. The third-order valence-corrected chi connectivity index (χ3v) is 8.82. The molecule has 2 aromatic rings. The molecule has 0 unspecified atom stereocenters. The minimum Gasteiger partial charge on any atom is -0.491 e. The molecule has 34 heavy (non-hydrogen) atoms. The van der Waals surface area contributed by atoms with E-state index in [-0.39, 0.29) is 36.0 Å². The summed E-state index contributed by atoms with van der Waals surface area (Å²) in [4.78, 5) is 16.9. The molecule has 1 spiro atoms. The fourth-order valence-corrected chi connectivity index (χ4v) is 6.24. The van der Waals surface area contributed by atoms with Crippen molar-refractivity contribution in [1.82, 2.24) is 14.5 Å². The SMILES string of the molecule is CCS(=O)(=O)N[C@@H]1[C@@H]2Cc3cccc(c3F)-c3ccccc3OCCN(C)C(=O)N2CC12CC2. The number of likely N-dealkylation sites (N-methyl/N-ethyl adjacent to an activating group) is 1. The normalized spacial score (nSPS) is 23.9. The lowest BCUT2D eigenvalue weighted by Crippen LogP contribution is -2.52. The number of ether oxygens (including phenoxy) is 1. The van der Waals surface area contributed by atoms with Crippen LogP contribution < -0.4 is 9.46 Å². The fourth-order valence-electron chi connectivity index (χ4n) is 5.28. The molecule has 2 aromatic carbocycles. The number of sulfonamides is 1. The highest BCUT2D eigenvalue weighted by Crippen LogP contribution is 2.55. The number of nitrogens with one attached hydrogen (secondary N) is 1. The first-order chi connectivity index (χ1) is 16.2. The lowest BCUT2D eigenvalue weighted by molar-refractivity contribution is 0.146. The molecule has 1 saturated heterocycles. The first-order valence-corrected chi connectivity index (χ1v) is 13.4. The third-order valence-electron chi connectivity index (χ3n) is 7.45. The van der Waals surface area contributed by atoms with Gasteiger partial charge in [-0.15, -0.1) is 0 Å². The molecule has 2 atom stereocenters. The third kappa shape index (κ3) is 4.05. The highest BCUT2D eigenvalue weighted by molar-refractivity contribution is 7.89. The second-order valence-corrected chi connectivity index (χ2v) is 11.6. The van der Waals surface area contributed by atoms with Gasteiger partial charge in [0.15, 0.2) is 0 Å². The Morgan fingerprint density at radius 2 is 1.88 bits per heavy atom. The summed E-state index contributed by atoms with van der Waals surface area (Å²) in [7, 11) is -1.79. The van der Waals surface area contributed by atoms with E-state index in [1.165, 1.54) is 0 Å². The molecule has 0 radical (unpaired) electrons. The summed E-state index contributed by atoms with van der Waals surface area (Å²) in [6.07, 6.45) is 1.90. The maximum absolute atomic E-state index is 15.9. The van der Waals surface area contributed by atoms with Crippen LogP contribution >= 0.6 is 0 Å². The van der Waals surface area contributed by atoms with Gasteiger partial charge in [0.2, 0.25) is 10.0 Å². The molecular formula is C25H30FN3O4S. The monoisotopic (exact) mass is 487 g/mol. The van der Waals surface area contributed by atoms with Crippen molar-refractivity contribution in [2.75, 3.05) is 32.5 Å². The number of para-hydroxylation sites is 1. The molecule has 2 aliphatic heterocycles. The van der Waals surface area contributed by atoms with E-state index in [0.29, 0.717) is 35.5 Å². The standard InChI is InChI=1S/C25H30FN3O4S/c1-3-34(31,32)27-23-20-15-17-7-6-9-19(22(17)26)18-8-4-5-10-21(18)33-14-13-28(2)24(30)29(20)16-25(23)11-12-25/h4-10,20,23,27H,3,11-16H2,1-2H3/t20-,23+/m0/s1. The number of carbonyl (C=O) groups excluding carboxylic acids is 1. The second kappa shape index (κ2) is 8.53. The van der Waals surface area contributed by atoms with E-state index in [1.54, 1.807) is 48.0 Å². The molecule has 2 fully saturated rings. The number of benzene rings is 2. The van der Waals surface area contributed by atoms with Crippen LogP contribution in [0.3, 0.4) is 0 Å². The van der Waals surface area contributed by atoms with Crippen molar-refractivity contribution in [3.05, 3.63) is 53.8 Å². The summed E-state index contributed by atoms with van der Waals surface area (Å²) < 4.78 is 49.9. The van der Waals surface area contributed by atoms with Crippen molar-refractivity contribution in [3.8, 4) is 16.9 Å². The van der Waals surface area contributed by atoms with Crippen LogP contribution in [-0.4, -0.2) is 68.8 Å². The van der Waals surface area contributed by atoms with Gasteiger partial charge in [-0.3, -0.25) is 0 Å². The van der Waals surface area contributed by atoms with Crippen molar-refractivity contribution in [2.24, 2.45) is 5.41 Å². The Hall–Kier alpha value is -2.65. The van der Waals surface area contributed by atoms with E-state index in [1.807, 2.05) is 18.2 Å². The van der Waals surface area contributed by atoms with Gasteiger partial charge in [0.25, 0.3) is 0 Å². The molecule has 1 N–H and O–H groups in total. The number of rotatable bonds is 3. The van der Waals surface area contributed by atoms with Crippen molar-refractivity contribution < 1.29 is 22.3 Å². The number of hydrogen-bond acceptors (Lipinski definition) is 4. The van der Waals surface area contributed by atoms with Gasteiger partial charge in [-0.1, -0.05) is 36.4 Å². The maximum Gasteiger partial charge on any atom is 0.320 e. The van der Waals surface area contributed by atoms with Crippen molar-refractivity contribution in [3.63, 3.8) is 0 Å². The Morgan fingerprint density at radius 3 is 2.62 bits per heavy atom. The van der Waals surface area contributed by atoms with Crippen LogP contribution in [0.5, 0.6) is 5.75 Å². The Balaban J connectivity index is 1.61. The molecule has 2 bridgehead atoms. The summed E-state index contributed by atoms with van der Waals surface area (Å²) in [6, 6.07) is 11.4. The van der Waals surface area contributed by atoms with E-state index < -0.39 is 22.1 Å². The summed E-state index contributed by atoms with van der Waals surface area (Å²) in [5.74, 6) is 0.148. The van der Waals surface area contributed by atoms with Crippen LogP contribution in [0.4, 0.5) is 9.18 Å². The molecule has 1 saturated carbocycles. The number of fused-ring (bicyclic) bond motifs is 5. The molecular weight excluding hydrogens is 457 g/mol. The summed E-state index contributed by atoms with van der Waals surface area (Å²) >= 11 is 0. The summed E-state index contributed by atoms with van der Waals surface area (Å²) in [5, 5.41) is 0. The van der Waals surface area contributed by atoms with Gasteiger partial charge in [-0.2, -0.15) is 0 Å². The van der Waals surface area contributed by atoms with Crippen molar-refractivity contribution in [1.29, 1.82) is 0 Å². The molecule has 0 aromatic heterocycles. The van der Waals surface area contributed by atoms with Crippen LogP contribution in [0.25, 0.3) is 11.1 Å². The first-order valence-electron chi connectivity index (χ1n) is 11.8. The summed E-state index contributed by atoms with van der Waals surface area (Å²) in [5.41, 5.74) is 1.25. The molecule has 5 rings (SSSR count). The number of nitrogens with zero attached hydrogens (tertiary/aromatic N) is 2. The summed E-state index contributed by atoms with van der Waals surface area (Å²) in [6.45, 7) is 2.67. The molecule has 9 heteroatoms. The van der Waals surface area contributed by atoms with Crippen LogP contribution in [0.2, 0.25) is 0 Å². The van der Waals surface area contributed by atoms with Gasteiger partial charge in [-0.25, -0.2) is 22.3 Å². The van der Waals surface area contributed by atoms with Gasteiger partial charge in [0.1, 0.15) is 18.2 Å². The number of urea groups is 1. The van der Waals surface area contributed by atoms with E-state index in [9.17, 15) is 13.2 Å². The van der Waals surface area contributed by atoms with Gasteiger partial charge in [0.05, 0.1) is 18.3 Å². The zero-order valence-corrected chi connectivity index (χ0v) is 20.3. The molecule has 1 aliphatic carbocycles. The van der Waals surface area contributed by atoms with Crippen LogP contribution in [0, 0.1) is 11.2 Å². The lowest BCUT2D eigenvalue weighted by atomic mass is 9.91.